The molecular weight excluding hydrogens is 434 g/mol. The topological polar surface area (TPSA) is 100 Å². The molecule has 0 bridgehead atoms. The molecule has 1 amide bonds. The number of amidine groups is 1. The minimum Gasteiger partial charge on any atom is -0.383 e. The number of anilines is 3. The van der Waals surface area contributed by atoms with Crippen LogP contribution in [-0.2, 0) is 4.79 Å². The molecule has 2 aromatic carbocycles. The number of fused-ring (bicyclic) bond motifs is 3. The molecule has 162 valence electrons. The number of thioether (sulfide) groups is 1. The van der Waals surface area contributed by atoms with Crippen LogP contribution in [0.2, 0.25) is 0 Å². The Bertz CT molecular complexity index is 1350. The van der Waals surface area contributed by atoms with Gasteiger partial charge in [-0.2, -0.15) is 10.1 Å². The van der Waals surface area contributed by atoms with Crippen LogP contribution >= 0.6 is 11.8 Å². The molecular formula is C24H19N7OS. The summed E-state index contributed by atoms with van der Waals surface area (Å²) in [6, 6.07) is 19.1. The van der Waals surface area contributed by atoms with Gasteiger partial charge in [0, 0.05) is 5.41 Å². The van der Waals surface area contributed by atoms with Gasteiger partial charge in [0.25, 0.3) is 5.91 Å². The van der Waals surface area contributed by atoms with Crippen molar-refractivity contribution in [2.24, 2.45) is 16.0 Å². The van der Waals surface area contributed by atoms with E-state index in [2.05, 4.69) is 15.1 Å². The van der Waals surface area contributed by atoms with E-state index in [1.165, 1.54) is 23.1 Å². The standard InChI is InChI=1S/C24H19N7OS/c1-14-18(23(32)31(29-14)16-10-6-3-7-11-16)17-12-33-24-28-20(15-8-4-2-5-9-15)19-21(25)26-13-27-22(19)30(17)24/h2-13,18,20H,1H3,(H2,25,26,27). The van der Waals surface area contributed by atoms with Gasteiger partial charge in [-0.1, -0.05) is 60.3 Å². The number of aromatic nitrogens is 2. The lowest BCUT2D eigenvalue weighted by atomic mass is 9.96. The van der Waals surface area contributed by atoms with Crippen molar-refractivity contribution >= 4 is 45.9 Å². The third kappa shape index (κ3) is 3.04. The van der Waals surface area contributed by atoms with Gasteiger partial charge in [0.1, 0.15) is 29.9 Å². The summed E-state index contributed by atoms with van der Waals surface area (Å²) in [6.07, 6.45) is 1.45. The second-order valence-electron chi connectivity index (χ2n) is 7.88. The fourth-order valence-corrected chi connectivity index (χ4v) is 5.31. The number of rotatable bonds is 3. The van der Waals surface area contributed by atoms with Gasteiger partial charge in [0.15, 0.2) is 5.17 Å². The summed E-state index contributed by atoms with van der Waals surface area (Å²) in [5.74, 6) is 0.376. The Hall–Kier alpha value is -3.98. The number of nitrogen functional groups attached to an aromatic ring is 1. The lowest BCUT2D eigenvalue weighted by Crippen LogP contribution is -2.38. The largest absolute Gasteiger partial charge is 0.383 e. The molecule has 2 atom stereocenters. The first-order chi connectivity index (χ1) is 16.1. The Labute approximate surface area is 194 Å². The van der Waals surface area contributed by atoms with Crippen LogP contribution in [0.4, 0.5) is 17.3 Å². The summed E-state index contributed by atoms with van der Waals surface area (Å²) in [6.45, 7) is 1.87. The Morgan fingerprint density at radius 2 is 1.73 bits per heavy atom. The number of amides is 1. The van der Waals surface area contributed by atoms with E-state index in [9.17, 15) is 4.79 Å². The predicted molar refractivity (Wildman–Crippen MR) is 131 cm³/mol. The summed E-state index contributed by atoms with van der Waals surface area (Å²) in [4.78, 5) is 29.2. The highest BCUT2D eigenvalue weighted by Gasteiger charge is 2.45. The van der Waals surface area contributed by atoms with E-state index in [1.807, 2.05) is 77.9 Å². The van der Waals surface area contributed by atoms with Gasteiger partial charge >= 0.3 is 0 Å². The third-order valence-electron chi connectivity index (χ3n) is 5.90. The van der Waals surface area contributed by atoms with E-state index >= 15 is 0 Å². The van der Waals surface area contributed by atoms with Gasteiger partial charge in [0.2, 0.25) is 0 Å². The number of aliphatic imine (C=N–C) groups is 1. The molecule has 0 fully saturated rings. The third-order valence-corrected chi connectivity index (χ3v) is 6.75. The summed E-state index contributed by atoms with van der Waals surface area (Å²) >= 11 is 1.48. The van der Waals surface area contributed by atoms with Crippen molar-refractivity contribution in [3.63, 3.8) is 0 Å². The molecule has 3 aliphatic heterocycles. The number of para-hydroxylation sites is 1. The molecule has 3 aliphatic rings. The highest BCUT2D eigenvalue weighted by molar-refractivity contribution is 8.17. The van der Waals surface area contributed by atoms with Crippen molar-refractivity contribution in [2.75, 3.05) is 15.6 Å². The first-order valence-electron chi connectivity index (χ1n) is 10.5. The highest BCUT2D eigenvalue weighted by Crippen LogP contribution is 2.47. The number of hydrogen-bond acceptors (Lipinski definition) is 8. The van der Waals surface area contributed by atoms with E-state index in [1.54, 1.807) is 0 Å². The smallest absolute Gasteiger partial charge is 0.262 e. The van der Waals surface area contributed by atoms with E-state index in [-0.39, 0.29) is 11.9 Å². The predicted octanol–water partition coefficient (Wildman–Crippen LogP) is 3.95. The molecule has 1 aromatic heterocycles. The van der Waals surface area contributed by atoms with E-state index in [0.717, 1.165) is 27.7 Å². The Kier molecular flexibility index (Phi) is 4.51. The molecule has 0 saturated carbocycles. The highest BCUT2D eigenvalue weighted by atomic mass is 32.2. The number of benzene rings is 2. The second kappa shape index (κ2) is 7.56. The minimum atomic E-state index is -0.539. The van der Waals surface area contributed by atoms with Crippen molar-refractivity contribution in [2.45, 2.75) is 13.0 Å². The molecule has 2 unspecified atom stereocenters. The van der Waals surface area contributed by atoms with Gasteiger partial charge in [-0.05, 0) is 24.6 Å². The van der Waals surface area contributed by atoms with Crippen LogP contribution in [0.25, 0.3) is 0 Å². The zero-order valence-corrected chi connectivity index (χ0v) is 18.5. The molecule has 0 saturated heterocycles. The fourth-order valence-electron chi connectivity index (χ4n) is 4.38. The maximum absolute atomic E-state index is 13.5. The molecule has 3 aromatic rings. The summed E-state index contributed by atoms with van der Waals surface area (Å²) < 4.78 is 0. The van der Waals surface area contributed by atoms with Gasteiger partial charge < -0.3 is 5.73 Å². The molecule has 2 N–H and O–H groups in total. The van der Waals surface area contributed by atoms with Crippen LogP contribution in [0.3, 0.4) is 0 Å². The van der Waals surface area contributed by atoms with Crippen molar-refractivity contribution < 1.29 is 4.79 Å². The first-order valence-corrected chi connectivity index (χ1v) is 11.4. The summed E-state index contributed by atoms with van der Waals surface area (Å²) in [5, 5.41) is 8.75. The zero-order chi connectivity index (χ0) is 22.5. The molecule has 33 heavy (non-hydrogen) atoms. The number of carbonyl (C=O) groups excluding carboxylic acids is 1. The van der Waals surface area contributed by atoms with E-state index in [0.29, 0.717) is 17.3 Å². The number of hydrogen-bond donors (Lipinski definition) is 1. The molecule has 4 heterocycles. The lowest BCUT2D eigenvalue weighted by molar-refractivity contribution is -0.119. The number of carbonyl (C=O) groups is 1. The number of nitrogens with zero attached hydrogens (tertiary/aromatic N) is 6. The van der Waals surface area contributed by atoms with Crippen LogP contribution in [0.1, 0.15) is 24.1 Å². The quantitative estimate of drug-likeness (QED) is 0.645. The van der Waals surface area contributed by atoms with Crippen LogP contribution in [-0.4, -0.2) is 26.8 Å². The average molecular weight is 454 g/mol. The van der Waals surface area contributed by atoms with Crippen molar-refractivity contribution in [3.8, 4) is 0 Å². The fraction of sp³-hybridized carbons (Fsp3) is 0.125. The van der Waals surface area contributed by atoms with Crippen LogP contribution in [0.5, 0.6) is 0 Å². The molecule has 6 rings (SSSR count). The minimum absolute atomic E-state index is 0.111. The normalized spacial score (nSPS) is 21.4. The van der Waals surface area contributed by atoms with Crippen LogP contribution < -0.4 is 15.6 Å². The first kappa shape index (κ1) is 19.7. The second-order valence-corrected chi connectivity index (χ2v) is 8.71. The van der Waals surface area contributed by atoms with Gasteiger partial charge in [0.05, 0.1) is 22.7 Å². The monoisotopic (exact) mass is 453 g/mol. The van der Waals surface area contributed by atoms with Crippen LogP contribution in [0, 0.1) is 5.92 Å². The number of nitrogens with two attached hydrogens (primary N) is 1. The molecule has 9 heteroatoms. The molecule has 0 spiro atoms. The summed E-state index contributed by atoms with van der Waals surface area (Å²) in [5.41, 5.74) is 10.3. The van der Waals surface area contributed by atoms with Crippen LogP contribution in [0.15, 0.2) is 88.2 Å². The lowest BCUT2D eigenvalue weighted by Gasteiger charge is -2.32. The van der Waals surface area contributed by atoms with Crippen molar-refractivity contribution in [1.29, 1.82) is 0 Å². The van der Waals surface area contributed by atoms with Gasteiger partial charge in [-0.3, -0.25) is 9.69 Å². The Morgan fingerprint density at radius 1 is 1.00 bits per heavy atom. The summed E-state index contributed by atoms with van der Waals surface area (Å²) in [7, 11) is 0. The van der Waals surface area contributed by atoms with Crippen molar-refractivity contribution in [3.05, 3.63) is 89.2 Å². The van der Waals surface area contributed by atoms with Gasteiger partial charge in [-0.15, -0.1) is 0 Å². The molecule has 0 aliphatic carbocycles. The molecule has 8 nitrogen and oxygen atoms in total. The van der Waals surface area contributed by atoms with E-state index < -0.39 is 5.92 Å². The maximum atomic E-state index is 13.5. The van der Waals surface area contributed by atoms with Gasteiger partial charge in [-0.25, -0.2) is 15.0 Å². The van der Waals surface area contributed by atoms with E-state index in [4.69, 9.17) is 10.7 Å². The number of hydrazone groups is 1. The Morgan fingerprint density at radius 3 is 2.48 bits per heavy atom. The zero-order valence-electron chi connectivity index (χ0n) is 17.7. The molecule has 0 radical (unpaired) electrons. The van der Waals surface area contributed by atoms with Crippen molar-refractivity contribution in [1.82, 2.24) is 9.97 Å². The Balaban J connectivity index is 1.42. The SMILES string of the molecule is CC1=NN(c2ccccc2)C(=O)C1C1=CSC2=NC(c3ccccc3)c3c(N)ncnc3N12. The average Bonchev–Trinajstić information content (AvgIpc) is 3.39. The maximum Gasteiger partial charge on any atom is 0.262 e.